The minimum atomic E-state index is -3.50. The van der Waals surface area contributed by atoms with Crippen molar-refractivity contribution in [3.05, 3.63) is 101 Å². The van der Waals surface area contributed by atoms with Gasteiger partial charge in [-0.2, -0.15) is 4.31 Å². The molecule has 31 heavy (non-hydrogen) atoms. The molecule has 5 heteroatoms. The Morgan fingerprint density at radius 2 is 1.23 bits per heavy atom. The Hall–Kier alpha value is -2.47. The first kappa shape index (κ1) is 21.8. The van der Waals surface area contributed by atoms with E-state index in [0.29, 0.717) is 18.0 Å². The number of benzene rings is 3. The number of hydrogen-bond donors (Lipinski definition) is 1. The van der Waals surface area contributed by atoms with Crippen molar-refractivity contribution in [2.75, 3.05) is 26.2 Å². The number of rotatable bonds is 5. The molecule has 1 fully saturated rings. The minimum Gasteiger partial charge on any atom is -0.323 e. The van der Waals surface area contributed by atoms with Crippen molar-refractivity contribution in [1.29, 1.82) is 0 Å². The van der Waals surface area contributed by atoms with E-state index < -0.39 is 10.0 Å². The maximum atomic E-state index is 13.5. The zero-order valence-corrected chi connectivity index (χ0v) is 19.3. The lowest BCUT2D eigenvalue weighted by molar-refractivity contribution is -0.929. The van der Waals surface area contributed by atoms with E-state index in [0.717, 1.165) is 29.8 Å². The highest BCUT2D eigenvalue weighted by molar-refractivity contribution is 7.89. The van der Waals surface area contributed by atoms with Crippen LogP contribution in [0.4, 0.5) is 0 Å². The molecule has 1 N–H and O–H groups in total. The Labute approximate surface area is 186 Å². The first-order valence-corrected chi connectivity index (χ1v) is 12.3. The van der Waals surface area contributed by atoms with Crippen molar-refractivity contribution >= 4 is 10.0 Å². The lowest BCUT2D eigenvalue weighted by Gasteiger charge is -2.36. The summed E-state index contributed by atoms with van der Waals surface area (Å²) in [5, 5.41) is 0. The molecule has 4 rings (SSSR count). The van der Waals surface area contributed by atoms with Gasteiger partial charge in [-0.1, -0.05) is 78.4 Å². The molecule has 1 aliphatic rings. The van der Waals surface area contributed by atoms with E-state index in [9.17, 15) is 8.42 Å². The predicted octanol–water partition coefficient (Wildman–Crippen LogP) is 3.29. The fourth-order valence-electron chi connectivity index (χ4n) is 4.96. The van der Waals surface area contributed by atoms with Crippen LogP contribution in [0, 0.1) is 20.8 Å². The third-order valence-corrected chi connectivity index (χ3v) is 8.45. The average molecular weight is 436 g/mol. The minimum absolute atomic E-state index is 0.204. The van der Waals surface area contributed by atoms with Gasteiger partial charge in [0.15, 0.2) is 0 Å². The zero-order chi connectivity index (χ0) is 22.0. The van der Waals surface area contributed by atoms with Crippen LogP contribution in [0.15, 0.2) is 77.7 Å². The van der Waals surface area contributed by atoms with Crippen molar-refractivity contribution in [2.24, 2.45) is 0 Å². The maximum absolute atomic E-state index is 13.5. The number of quaternary nitrogens is 1. The summed E-state index contributed by atoms with van der Waals surface area (Å²) in [6.07, 6.45) is 0. The van der Waals surface area contributed by atoms with E-state index in [-0.39, 0.29) is 6.04 Å². The molecule has 162 valence electrons. The summed E-state index contributed by atoms with van der Waals surface area (Å²) in [6, 6.07) is 25.2. The van der Waals surface area contributed by atoms with Crippen LogP contribution < -0.4 is 4.90 Å². The maximum Gasteiger partial charge on any atom is 0.244 e. The Morgan fingerprint density at radius 1 is 0.774 bits per heavy atom. The third kappa shape index (κ3) is 4.45. The van der Waals surface area contributed by atoms with Gasteiger partial charge in [-0.25, -0.2) is 8.42 Å². The van der Waals surface area contributed by atoms with Crippen molar-refractivity contribution in [3.63, 3.8) is 0 Å². The van der Waals surface area contributed by atoms with Crippen molar-refractivity contribution in [2.45, 2.75) is 31.7 Å². The van der Waals surface area contributed by atoms with E-state index in [1.807, 2.05) is 45.0 Å². The van der Waals surface area contributed by atoms with Crippen LogP contribution in [0.2, 0.25) is 0 Å². The highest BCUT2D eigenvalue weighted by Crippen LogP contribution is 2.26. The molecule has 0 amide bonds. The standard InChI is InChI=1S/C26H30N2O2S/c1-20-18-21(2)26(22(3)19-20)31(29,30)28-16-14-27(15-17-28)25(23-10-6-4-7-11-23)24-12-8-5-9-13-24/h4-13,18-19,25H,14-17H2,1-3H3/p+1. The van der Waals surface area contributed by atoms with Crippen molar-refractivity contribution in [3.8, 4) is 0 Å². The van der Waals surface area contributed by atoms with Gasteiger partial charge in [-0.05, 0) is 31.9 Å². The van der Waals surface area contributed by atoms with E-state index in [2.05, 4.69) is 48.5 Å². The first-order chi connectivity index (χ1) is 14.9. The van der Waals surface area contributed by atoms with E-state index in [1.54, 1.807) is 4.31 Å². The van der Waals surface area contributed by atoms with Crippen molar-refractivity contribution in [1.82, 2.24) is 4.31 Å². The Morgan fingerprint density at radius 3 is 1.68 bits per heavy atom. The van der Waals surface area contributed by atoms with Crippen molar-refractivity contribution < 1.29 is 13.3 Å². The van der Waals surface area contributed by atoms with E-state index >= 15 is 0 Å². The summed E-state index contributed by atoms with van der Waals surface area (Å²) >= 11 is 0. The van der Waals surface area contributed by atoms with Gasteiger partial charge in [0.25, 0.3) is 0 Å². The smallest absolute Gasteiger partial charge is 0.244 e. The molecule has 4 nitrogen and oxygen atoms in total. The fourth-order valence-corrected chi connectivity index (χ4v) is 6.81. The largest absolute Gasteiger partial charge is 0.323 e. The fraction of sp³-hybridized carbons (Fsp3) is 0.308. The molecular weight excluding hydrogens is 404 g/mol. The third-order valence-electron chi connectivity index (χ3n) is 6.24. The van der Waals surface area contributed by atoms with E-state index in [1.165, 1.54) is 16.0 Å². The summed E-state index contributed by atoms with van der Waals surface area (Å²) in [6.45, 7) is 8.41. The quantitative estimate of drug-likeness (QED) is 0.668. The Kier molecular flexibility index (Phi) is 6.28. The average Bonchev–Trinajstić information content (AvgIpc) is 2.75. The second-order valence-corrected chi connectivity index (χ2v) is 10.4. The number of hydrogen-bond acceptors (Lipinski definition) is 2. The lowest BCUT2D eigenvalue weighted by Crippen LogP contribution is -3.15. The van der Waals surface area contributed by atoms with Crippen LogP contribution in [-0.2, 0) is 10.0 Å². The monoisotopic (exact) mass is 435 g/mol. The summed E-state index contributed by atoms with van der Waals surface area (Å²) in [7, 11) is -3.50. The van der Waals surface area contributed by atoms with Gasteiger partial charge < -0.3 is 4.90 Å². The van der Waals surface area contributed by atoms with E-state index in [4.69, 9.17) is 0 Å². The SMILES string of the molecule is Cc1cc(C)c(S(=O)(=O)N2CC[NH+](C(c3ccccc3)c3ccccc3)CC2)c(C)c1. The summed E-state index contributed by atoms with van der Waals surface area (Å²) in [5.41, 5.74) is 5.30. The van der Waals surface area contributed by atoms with Crippen LogP contribution in [0.5, 0.6) is 0 Å². The molecular formula is C26H31N2O2S+. The summed E-state index contributed by atoms with van der Waals surface area (Å²) in [5.74, 6) is 0. The molecule has 0 radical (unpaired) electrons. The molecule has 3 aromatic rings. The van der Waals surface area contributed by atoms with Gasteiger partial charge in [0.1, 0.15) is 6.04 Å². The number of nitrogens with zero attached hydrogens (tertiary/aromatic N) is 1. The Balaban J connectivity index is 1.58. The van der Waals surface area contributed by atoms with Gasteiger partial charge in [-0.15, -0.1) is 0 Å². The topological polar surface area (TPSA) is 41.8 Å². The highest BCUT2D eigenvalue weighted by atomic mass is 32.2. The van der Waals surface area contributed by atoms with Crippen LogP contribution in [-0.4, -0.2) is 38.9 Å². The number of nitrogens with one attached hydrogen (secondary N) is 1. The molecule has 0 unspecified atom stereocenters. The van der Waals surface area contributed by atoms with Gasteiger partial charge in [0, 0.05) is 11.1 Å². The Bertz CT molecular complexity index is 1070. The van der Waals surface area contributed by atoms with Gasteiger partial charge in [0.05, 0.1) is 31.1 Å². The molecule has 0 aromatic heterocycles. The normalized spacial score (nSPS) is 16.0. The van der Waals surface area contributed by atoms with Crippen LogP contribution in [0.25, 0.3) is 0 Å². The van der Waals surface area contributed by atoms with Gasteiger partial charge >= 0.3 is 0 Å². The summed E-state index contributed by atoms with van der Waals surface area (Å²) in [4.78, 5) is 1.88. The second-order valence-electron chi connectivity index (χ2n) is 8.54. The second kappa shape index (κ2) is 8.95. The predicted molar refractivity (Wildman–Crippen MR) is 125 cm³/mol. The van der Waals surface area contributed by atoms with Crippen LogP contribution in [0.1, 0.15) is 33.9 Å². The van der Waals surface area contributed by atoms with Gasteiger partial charge in [-0.3, -0.25) is 0 Å². The number of sulfonamides is 1. The molecule has 0 saturated carbocycles. The zero-order valence-electron chi connectivity index (χ0n) is 18.5. The van der Waals surface area contributed by atoms with Crippen LogP contribution >= 0.6 is 0 Å². The molecule has 1 heterocycles. The molecule has 3 aromatic carbocycles. The number of aryl methyl sites for hydroxylation is 3. The molecule has 0 aliphatic carbocycles. The number of piperazine rings is 1. The lowest BCUT2D eigenvalue weighted by atomic mass is 9.96. The van der Waals surface area contributed by atoms with Gasteiger partial charge in [0.2, 0.25) is 10.0 Å². The summed E-state index contributed by atoms with van der Waals surface area (Å²) < 4.78 is 28.6. The highest BCUT2D eigenvalue weighted by Gasteiger charge is 2.36. The molecule has 0 atom stereocenters. The molecule has 1 saturated heterocycles. The molecule has 0 spiro atoms. The molecule has 0 bridgehead atoms. The van der Waals surface area contributed by atoms with Crippen LogP contribution in [0.3, 0.4) is 0 Å². The molecule has 1 aliphatic heterocycles. The first-order valence-electron chi connectivity index (χ1n) is 10.9.